The van der Waals surface area contributed by atoms with E-state index in [2.05, 4.69) is 0 Å². The van der Waals surface area contributed by atoms with Gasteiger partial charge >= 0.3 is 5.97 Å². The Morgan fingerprint density at radius 2 is 2.14 bits per heavy atom. The number of nitrogens with two attached hydrogens (primary N) is 1. The van der Waals surface area contributed by atoms with Crippen molar-refractivity contribution in [3.8, 4) is 0 Å². The molecular formula is C11H15NO2. The van der Waals surface area contributed by atoms with E-state index in [0.717, 1.165) is 12.0 Å². The lowest BCUT2D eigenvalue weighted by Gasteiger charge is -2.13. The first-order valence-electron chi connectivity index (χ1n) is 4.74. The first-order chi connectivity index (χ1) is 6.66. The summed E-state index contributed by atoms with van der Waals surface area (Å²) in [5.41, 5.74) is 7.01. The van der Waals surface area contributed by atoms with Gasteiger partial charge in [0.2, 0.25) is 0 Å². The van der Waals surface area contributed by atoms with Crippen LogP contribution in [0.3, 0.4) is 0 Å². The molecule has 1 aromatic rings. The van der Waals surface area contributed by atoms with E-state index >= 15 is 0 Å². The normalized spacial score (nSPS) is 12.4. The molecule has 0 aliphatic rings. The second-order valence-corrected chi connectivity index (χ2v) is 3.31. The van der Waals surface area contributed by atoms with Gasteiger partial charge in [-0.2, -0.15) is 0 Å². The van der Waals surface area contributed by atoms with Crippen molar-refractivity contribution < 1.29 is 9.90 Å². The maximum atomic E-state index is 11.0. The number of nitrogen functional groups attached to an aromatic ring is 1. The minimum Gasteiger partial charge on any atom is -0.481 e. The quantitative estimate of drug-likeness (QED) is 0.721. The highest BCUT2D eigenvalue weighted by atomic mass is 16.4. The van der Waals surface area contributed by atoms with E-state index in [9.17, 15) is 4.79 Å². The molecule has 0 saturated carbocycles. The van der Waals surface area contributed by atoms with Gasteiger partial charge in [0.25, 0.3) is 0 Å². The number of carbonyl (C=O) groups is 1. The standard InChI is InChI=1S/C11H15NO2/c1-2-5-9(11(13)14)8-6-3-4-7-10(8)12/h3-4,6-7,9H,2,5,12H2,1H3,(H,13,14)/t9-/m0/s1. The molecule has 0 aliphatic heterocycles. The second-order valence-electron chi connectivity index (χ2n) is 3.31. The molecule has 0 aliphatic carbocycles. The molecule has 0 bridgehead atoms. The number of anilines is 1. The molecule has 3 nitrogen and oxygen atoms in total. The van der Waals surface area contributed by atoms with Crippen LogP contribution < -0.4 is 5.73 Å². The highest BCUT2D eigenvalue weighted by Gasteiger charge is 2.20. The summed E-state index contributed by atoms with van der Waals surface area (Å²) >= 11 is 0. The summed E-state index contributed by atoms with van der Waals surface area (Å²) in [6.07, 6.45) is 1.47. The Labute approximate surface area is 83.6 Å². The van der Waals surface area contributed by atoms with Crippen molar-refractivity contribution in [2.45, 2.75) is 25.7 Å². The molecule has 0 fully saturated rings. The number of para-hydroxylation sites is 1. The Hall–Kier alpha value is -1.51. The van der Waals surface area contributed by atoms with Gasteiger partial charge in [0.1, 0.15) is 0 Å². The summed E-state index contributed by atoms with van der Waals surface area (Å²) in [4.78, 5) is 11.0. The number of carboxylic acid groups (broad SMARTS) is 1. The molecule has 0 unspecified atom stereocenters. The Morgan fingerprint density at radius 3 is 2.64 bits per heavy atom. The number of hydrogen-bond donors (Lipinski definition) is 2. The average Bonchev–Trinajstić information content (AvgIpc) is 2.15. The lowest BCUT2D eigenvalue weighted by Crippen LogP contribution is -2.13. The Bertz CT molecular complexity index is 323. The van der Waals surface area contributed by atoms with Gasteiger partial charge in [-0.15, -0.1) is 0 Å². The molecule has 3 heteroatoms. The third-order valence-corrected chi connectivity index (χ3v) is 2.25. The lowest BCUT2D eigenvalue weighted by atomic mass is 9.93. The summed E-state index contributed by atoms with van der Waals surface area (Å²) in [7, 11) is 0. The summed E-state index contributed by atoms with van der Waals surface area (Å²) in [6, 6.07) is 7.14. The molecule has 3 N–H and O–H groups in total. The second kappa shape index (κ2) is 4.65. The highest BCUT2D eigenvalue weighted by Crippen LogP contribution is 2.26. The predicted octanol–water partition coefficient (Wildman–Crippen LogP) is 2.24. The van der Waals surface area contributed by atoms with Crippen molar-refractivity contribution in [3.63, 3.8) is 0 Å². The third-order valence-electron chi connectivity index (χ3n) is 2.25. The van der Waals surface area contributed by atoms with Crippen LogP contribution in [0.2, 0.25) is 0 Å². The van der Waals surface area contributed by atoms with Gasteiger partial charge in [-0.3, -0.25) is 4.79 Å². The zero-order chi connectivity index (χ0) is 10.6. The fraction of sp³-hybridized carbons (Fsp3) is 0.364. The van der Waals surface area contributed by atoms with Crippen LogP contribution >= 0.6 is 0 Å². The van der Waals surface area contributed by atoms with Crippen LogP contribution in [0.1, 0.15) is 31.2 Å². The van der Waals surface area contributed by atoms with Crippen molar-refractivity contribution in [2.24, 2.45) is 0 Å². The fourth-order valence-electron chi connectivity index (χ4n) is 1.53. The molecule has 1 aromatic carbocycles. The van der Waals surface area contributed by atoms with Gasteiger partial charge in [0.05, 0.1) is 5.92 Å². The van der Waals surface area contributed by atoms with Crippen molar-refractivity contribution in [3.05, 3.63) is 29.8 Å². The third kappa shape index (κ3) is 2.25. The molecule has 0 amide bonds. The minimum absolute atomic E-state index is 0.471. The maximum Gasteiger partial charge on any atom is 0.311 e. The molecule has 0 heterocycles. The summed E-state index contributed by atoms with van der Waals surface area (Å²) in [5, 5.41) is 9.03. The van der Waals surface area contributed by atoms with Gasteiger partial charge < -0.3 is 10.8 Å². The predicted molar refractivity (Wildman–Crippen MR) is 56.1 cm³/mol. The van der Waals surface area contributed by atoms with Crippen molar-refractivity contribution in [1.82, 2.24) is 0 Å². The van der Waals surface area contributed by atoms with Gasteiger partial charge in [-0.05, 0) is 18.1 Å². The van der Waals surface area contributed by atoms with Crippen LogP contribution in [0.4, 0.5) is 5.69 Å². The summed E-state index contributed by atoms with van der Waals surface area (Å²) in [6.45, 7) is 1.97. The van der Waals surface area contributed by atoms with Crippen molar-refractivity contribution in [1.29, 1.82) is 0 Å². The van der Waals surface area contributed by atoms with E-state index in [1.165, 1.54) is 0 Å². The smallest absolute Gasteiger partial charge is 0.311 e. The van der Waals surface area contributed by atoms with E-state index in [1.54, 1.807) is 12.1 Å². The molecule has 0 radical (unpaired) electrons. The van der Waals surface area contributed by atoms with Crippen molar-refractivity contribution >= 4 is 11.7 Å². The van der Waals surface area contributed by atoms with Gasteiger partial charge in [0, 0.05) is 5.69 Å². The number of carboxylic acids is 1. The lowest BCUT2D eigenvalue weighted by molar-refractivity contribution is -0.139. The molecule has 1 atom stereocenters. The first kappa shape index (κ1) is 10.6. The molecule has 1 rings (SSSR count). The Balaban J connectivity index is 2.99. The Morgan fingerprint density at radius 1 is 1.50 bits per heavy atom. The average molecular weight is 193 g/mol. The topological polar surface area (TPSA) is 63.3 Å². The largest absolute Gasteiger partial charge is 0.481 e. The Kier molecular flexibility index (Phi) is 3.51. The molecule has 14 heavy (non-hydrogen) atoms. The summed E-state index contributed by atoms with van der Waals surface area (Å²) in [5.74, 6) is -1.27. The molecule has 76 valence electrons. The zero-order valence-corrected chi connectivity index (χ0v) is 8.23. The van der Waals surface area contributed by atoms with E-state index in [-0.39, 0.29) is 0 Å². The SMILES string of the molecule is CCC[C@H](C(=O)O)c1ccccc1N. The molecule has 0 saturated heterocycles. The van der Waals surface area contributed by atoms with Crippen molar-refractivity contribution in [2.75, 3.05) is 5.73 Å². The molecular weight excluding hydrogens is 178 g/mol. The monoisotopic (exact) mass is 193 g/mol. The fourth-order valence-corrected chi connectivity index (χ4v) is 1.53. The zero-order valence-electron chi connectivity index (χ0n) is 8.23. The van der Waals surface area contributed by atoms with Crippen LogP contribution in [0.15, 0.2) is 24.3 Å². The molecule has 0 aromatic heterocycles. The van der Waals surface area contributed by atoms with E-state index in [1.807, 2.05) is 19.1 Å². The van der Waals surface area contributed by atoms with Crippen LogP contribution in [0.25, 0.3) is 0 Å². The van der Waals surface area contributed by atoms with Crippen LogP contribution in [0.5, 0.6) is 0 Å². The van der Waals surface area contributed by atoms with Gasteiger partial charge in [-0.1, -0.05) is 31.5 Å². The number of hydrogen-bond acceptors (Lipinski definition) is 2. The minimum atomic E-state index is -0.801. The maximum absolute atomic E-state index is 11.0. The van der Waals surface area contributed by atoms with E-state index in [4.69, 9.17) is 10.8 Å². The van der Waals surface area contributed by atoms with Crippen LogP contribution in [-0.2, 0) is 4.79 Å². The number of rotatable bonds is 4. The first-order valence-corrected chi connectivity index (χ1v) is 4.74. The number of aliphatic carboxylic acids is 1. The highest BCUT2D eigenvalue weighted by molar-refractivity contribution is 5.78. The van der Waals surface area contributed by atoms with Gasteiger partial charge in [0.15, 0.2) is 0 Å². The molecule has 0 spiro atoms. The summed E-state index contributed by atoms with van der Waals surface area (Å²) < 4.78 is 0. The van der Waals surface area contributed by atoms with E-state index < -0.39 is 11.9 Å². The van der Waals surface area contributed by atoms with Gasteiger partial charge in [-0.25, -0.2) is 0 Å². The van der Waals surface area contributed by atoms with Crippen LogP contribution in [-0.4, -0.2) is 11.1 Å². The van der Waals surface area contributed by atoms with E-state index in [0.29, 0.717) is 12.1 Å². The van der Waals surface area contributed by atoms with Crippen LogP contribution in [0, 0.1) is 0 Å². The number of benzene rings is 1.